The highest BCUT2D eigenvalue weighted by Crippen LogP contribution is 2.18. The minimum Gasteiger partial charge on any atom is -0.383 e. The topological polar surface area (TPSA) is 47.3 Å². The van der Waals surface area contributed by atoms with E-state index in [1.54, 1.807) is 7.11 Å². The van der Waals surface area contributed by atoms with Gasteiger partial charge in [-0.1, -0.05) is 24.3 Å². The highest BCUT2D eigenvalue weighted by molar-refractivity contribution is 5.28. The van der Waals surface area contributed by atoms with Gasteiger partial charge in [-0.05, 0) is 44.4 Å². The van der Waals surface area contributed by atoms with Crippen LogP contribution in [0.5, 0.6) is 0 Å². The largest absolute Gasteiger partial charge is 0.383 e. The third-order valence-corrected chi connectivity index (χ3v) is 3.27. The van der Waals surface area contributed by atoms with Gasteiger partial charge in [-0.15, -0.1) is 0 Å². The minimum atomic E-state index is 0.337. The molecule has 0 amide bonds. The van der Waals surface area contributed by atoms with E-state index in [-0.39, 0.29) is 0 Å². The van der Waals surface area contributed by atoms with Gasteiger partial charge in [-0.2, -0.15) is 0 Å². The normalized spacial score (nSPS) is 14.4. The monoisotopic (exact) mass is 250 g/mol. The maximum absolute atomic E-state index is 5.57. The fraction of sp³-hybridized carbons (Fsp3) is 0.600. The van der Waals surface area contributed by atoms with Crippen molar-refractivity contribution in [2.45, 2.75) is 38.8 Å². The summed E-state index contributed by atoms with van der Waals surface area (Å²) in [4.78, 5) is 0. The van der Waals surface area contributed by atoms with Crippen molar-refractivity contribution in [3.8, 4) is 0 Å². The Labute approximate surface area is 111 Å². The van der Waals surface area contributed by atoms with Crippen molar-refractivity contribution in [2.24, 2.45) is 5.73 Å². The van der Waals surface area contributed by atoms with Crippen molar-refractivity contribution in [2.75, 3.05) is 20.3 Å². The van der Waals surface area contributed by atoms with Gasteiger partial charge in [0.05, 0.1) is 6.61 Å². The molecule has 3 heteroatoms. The van der Waals surface area contributed by atoms with Gasteiger partial charge in [0.25, 0.3) is 0 Å². The van der Waals surface area contributed by atoms with E-state index in [9.17, 15) is 0 Å². The van der Waals surface area contributed by atoms with Gasteiger partial charge in [0, 0.05) is 19.2 Å². The van der Waals surface area contributed by atoms with Crippen molar-refractivity contribution in [3.05, 3.63) is 35.4 Å². The first kappa shape index (κ1) is 15.2. The molecule has 0 aliphatic heterocycles. The number of nitrogens with one attached hydrogen (secondary N) is 1. The van der Waals surface area contributed by atoms with Crippen molar-refractivity contribution in [3.63, 3.8) is 0 Å². The van der Waals surface area contributed by atoms with E-state index in [0.29, 0.717) is 12.1 Å². The number of ether oxygens (including phenoxy) is 1. The molecule has 0 aliphatic carbocycles. The lowest BCUT2D eigenvalue weighted by molar-refractivity contribution is 0.156. The van der Waals surface area contributed by atoms with Crippen LogP contribution in [0.15, 0.2) is 24.3 Å². The van der Waals surface area contributed by atoms with Gasteiger partial charge in [-0.25, -0.2) is 0 Å². The zero-order valence-corrected chi connectivity index (χ0v) is 11.8. The summed E-state index contributed by atoms with van der Waals surface area (Å²) >= 11 is 0. The van der Waals surface area contributed by atoms with Crippen molar-refractivity contribution < 1.29 is 4.74 Å². The molecule has 1 unspecified atom stereocenters. The van der Waals surface area contributed by atoms with E-state index < -0.39 is 0 Å². The first-order valence-corrected chi connectivity index (χ1v) is 6.69. The van der Waals surface area contributed by atoms with Gasteiger partial charge >= 0.3 is 0 Å². The van der Waals surface area contributed by atoms with Crippen LogP contribution in [0.4, 0.5) is 0 Å². The van der Waals surface area contributed by atoms with Gasteiger partial charge in [-0.3, -0.25) is 0 Å². The standard InChI is InChI=1S/C15H26N2O/c1-12-7-4-5-9-15(12)13(2)17-14(11-18-3)8-6-10-16/h4-5,7,9,13-14,17H,6,8,10-11,16H2,1-3H3/t13-,14?/m1/s1. The average molecular weight is 250 g/mol. The number of aryl methyl sites for hydroxylation is 1. The maximum atomic E-state index is 5.57. The van der Waals surface area contributed by atoms with Gasteiger partial charge in [0.15, 0.2) is 0 Å². The molecule has 0 fully saturated rings. The van der Waals surface area contributed by atoms with Gasteiger partial charge in [0.2, 0.25) is 0 Å². The molecule has 0 heterocycles. The van der Waals surface area contributed by atoms with Crippen molar-refractivity contribution >= 4 is 0 Å². The predicted octanol–water partition coefficient (Wildman–Crippen LogP) is 2.40. The Morgan fingerprint density at radius 1 is 1.33 bits per heavy atom. The molecule has 0 aromatic heterocycles. The maximum Gasteiger partial charge on any atom is 0.0616 e. The second-order valence-corrected chi connectivity index (χ2v) is 4.83. The Kier molecular flexibility index (Phi) is 6.94. The van der Waals surface area contributed by atoms with Gasteiger partial charge in [0.1, 0.15) is 0 Å². The first-order valence-electron chi connectivity index (χ1n) is 6.69. The molecule has 1 aromatic carbocycles. The van der Waals surface area contributed by atoms with E-state index in [4.69, 9.17) is 10.5 Å². The minimum absolute atomic E-state index is 0.337. The summed E-state index contributed by atoms with van der Waals surface area (Å²) in [5.74, 6) is 0. The van der Waals surface area contributed by atoms with Crippen molar-refractivity contribution in [1.29, 1.82) is 0 Å². The number of benzene rings is 1. The predicted molar refractivity (Wildman–Crippen MR) is 76.7 cm³/mol. The lowest BCUT2D eigenvalue weighted by atomic mass is 10.0. The number of hydrogen-bond donors (Lipinski definition) is 2. The summed E-state index contributed by atoms with van der Waals surface area (Å²) in [7, 11) is 1.75. The molecule has 0 saturated carbocycles. The summed E-state index contributed by atoms with van der Waals surface area (Å²) in [6, 6.07) is 9.20. The van der Waals surface area contributed by atoms with Crippen LogP contribution in [-0.4, -0.2) is 26.3 Å². The van der Waals surface area contributed by atoms with Crippen LogP contribution in [0.1, 0.15) is 36.9 Å². The molecule has 2 atom stereocenters. The third kappa shape index (κ3) is 4.77. The second-order valence-electron chi connectivity index (χ2n) is 4.83. The third-order valence-electron chi connectivity index (χ3n) is 3.27. The molecular weight excluding hydrogens is 224 g/mol. The summed E-state index contributed by atoms with van der Waals surface area (Å²) in [6.07, 6.45) is 2.09. The summed E-state index contributed by atoms with van der Waals surface area (Å²) < 4.78 is 5.26. The molecule has 0 spiro atoms. The Balaban J connectivity index is 2.60. The van der Waals surface area contributed by atoms with E-state index in [0.717, 1.165) is 26.0 Å². The molecule has 102 valence electrons. The fourth-order valence-electron chi connectivity index (χ4n) is 2.30. The summed E-state index contributed by atoms with van der Waals surface area (Å²) in [5.41, 5.74) is 8.25. The highest BCUT2D eigenvalue weighted by Gasteiger charge is 2.14. The summed E-state index contributed by atoms with van der Waals surface area (Å²) in [6.45, 7) is 5.82. The molecule has 18 heavy (non-hydrogen) atoms. The average Bonchev–Trinajstić information content (AvgIpc) is 2.36. The van der Waals surface area contributed by atoms with Crippen LogP contribution in [0.2, 0.25) is 0 Å². The molecule has 0 saturated heterocycles. The molecule has 0 bridgehead atoms. The second kappa shape index (κ2) is 8.25. The molecule has 0 aliphatic rings. The molecular formula is C15H26N2O. The lowest BCUT2D eigenvalue weighted by Gasteiger charge is -2.24. The van der Waals surface area contributed by atoms with Gasteiger partial charge < -0.3 is 15.8 Å². The van der Waals surface area contributed by atoms with Crippen molar-refractivity contribution in [1.82, 2.24) is 5.32 Å². The Morgan fingerprint density at radius 3 is 2.67 bits per heavy atom. The molecule has 1 rings (SSSR count). The van der Waals surface area contributed by atoms with E-state index >= 15 is 0 Å². The van der Waals surface area contributed by atoms with E-state index in [1.165, 1.54) is 11.1 Å². The Morgan fingerprint density at radius 2 is 2.06 bits per heavy atom. The number of methoxy groups -OCH3 is 1. The number of hydrogen-bond acceptors (Lipinski definition) is 3. The van der Waals surface area contributed by atoms with E-state index in [2.05, 4.69) is 43.4 Å². The quantitative estimate of drug-likeness (QED) is 0.745. The highest BCUT2D eigenvalue weighted by atomic mass is 16.5. The molecule has 0 radical (unpaired) electrons. The number of nitrogens with two attached hydrogens (primary N) is 1. The van der Waals surface area contributed by atoms with Crippen LogP contribution in [-0.2, 0) is 4.74 Å². The van der Waals surface area contributed by atoms with Crippen LogP contribution in [0.25, 0.3) is 0 Å². The molecule has 3 N–H and O–H groups in total. The van der Waals surface area contributed by atoms with Crippen LogP contribution >= 0.6 is 0 Å². The molecule has 3 nitrogen and oxygen atoms in total. The fourth-order valence-corrected chi connectivity index (χ4v) is 2.30. The smallest absolute Gasteiger partial charge is 0.0616 e. The van der Waals surface area contributed by atoms with E-state index in [1.807, 2.05) is 0 Å². The number of rotatable bonds is 8. The Bertz CT molecular complexity index is 341. The first-order chi connectivity index (χ1) is 8.69. The van der Waals surface area contributed by atoms with Crippen LogP contribution in [0, 0.1) is 6.92 Å². The van der Waals surface area contributed by atoms with Crippen LogP contribution in [0.3, 0.4) is 0 Å². The zero-order valence-electron chi connectivity index (χ0n) is 11.8. The Hall–Kier alpha value is -0.900. The SMILES string of the molecule is COCC(CCCN)N[C@H](C)c1ccccc1C. The summed E-state index contributed by atoms with van der Waals surface area (Å²) in [5, 5.41) is 3.63. The zero-order chi connectivity index (χ0) is 13.4. The van der Waals surface area contributed by atoms with Crippen LogP contribution < -0.4 is 11.1 Å². The molecule has 1 aromatic rings. The lowest BCUT2D eigenvalue weighted by Crippen LogP contribution is -2.35.